The molecule has 0 atom stereocenters. The van der Waals surface area contributed by atoms with Crippen LogP contribution in [0.4, 0.5) is 13.2 Å². The predicted octanol–water partition coefficient (Wildman–Crippen LogP) is 0.959. The average molecular weight is 280 g/mol. The van der Waals surface area contributed by atoms with Gasteiger partial charge in [0, 0.05) is 19.5 Å². The van der Waals surface area contributed by atoms with Crippen LogP contribution in [0.1, 0.15) is 18.1 Å². The summed E-state index contributed by atoms with van der Waals surface area (Å²) in [5, 5.41) is 6.64. The predicted molar refractivity (Wildman–Crippen MR) is 58.9 cm³/mol. The fourth-order valence-electron chi connectivity index (χ4n) is 1.83. The van der Waals surface area contributed by atoms with Crippen molar-refractivity contribution >= 4 is 18.5 Å². The van der Waals surface area contributed by atoms with E-state index in [1.807, 2.05) is 0 Å². The van der Waals surface area contributed by atoms with Gasteiger partial charge in [-0.05, 0) is 5.75 Å². The van der Waals surface area contributed by atoms with E-state index >= 15 is 0 Å². The molecule has 0 unspecified atom stereocenters. The van der Waals surface area contributed by atoms with E-state index in [1.165, 1.54) is 4.90 Å². The molecule has 0 bridgehead atoms. The summed E-state index contributed by atoms with van der Waals surface area (Å²) in [5.41, 5.74) is 0. The molecule has 100 valence electrons. The zero-order chi connectivity index (χ0) is 13.3. The molecule has 9 heteroatoms. The van der Waals surface area contributed by atoms with Crippen LogP contribution in [0.3, 0.4) is 0 Å². The van der Waals surface area contributed by atoms with Gasteiger partial charge in [-0.15, -0.1) is 10.2 Å². The first kappa shape index (κ1) is 13.2. The highest BCUT2D eigenvalue weighted by Gasteiger charge is 2.39. The Bertz CT molecular complexity index is 459. The van der Waals surface area contributed by atoms with Gasteiger partial charge in [0.25, 0.3) is 0 Å². The highest BCUT2D eigenvalue weighted by atomic mass is 32.1. The summed E-state index contributed by atoms with van der Waals surface area (Å²) in [5.74, 6) is -0.553. The molecule has 5 nitrogen and oxygen atoms in total. The molecule has 0 spiro atoms. The summed E-state index contributed by atoms with van der Waals surface area (Å²) >= 11 is 3.95. The van der Waals surface area contributed by atoms with Crippen molar-refractivity contribution in [3.8, 4) is 0 Å². The number of carbonyl (C=O) groups excluding carboxylic acids is 1. The molecule has 1 aromatic heterocycles. The van der Waals surface area contributed by atoms with Gasteiger partial charge in [-0.2, -0.15) is 25.8 Å². The molecule has 0 saturated heterocycles. The van der Waals surface area contributed by atoms with Crippen molar-refractivity contribution in [1.82, 2.24) is 19.7 Å². The van der Waals surface area contributed by atoms with Gasteiger partial charge in [-0.3, -0.25) is 4.79 Å². The quantitative estimate of drug-likeness (QED) is 0.821. The van der Waals surface area contributed by atoms with Gasteiger partial charge >= 0.3 is 6.18 Å². The average Bonchev–Trinajstić information content (AvgIpc) is 2.71. The summed E-state index contributed by atoms with van der Waals surface area (Å²) in [4.78, 5) is 13.1. The van der Waals surface area contributed by atoms with Gasteiger partial charge in [-0.25, -0.2) is 0 Å². The first-order valence-electron chi connectivity index (χ1n) is 5.31. The third-order valence-corrected chi connectivity index (χ3v) is 2.91. The molecule has 1 aliphatic rings. The molecule has 0 radical (unpaired) electrons. The number of carbonyl (C=O) groups is 1. The number of alkyl halides is 3. The second kappa shape index (κ2) is 4.79. The van der Waals surface area contributed by atoms with Crippen LogP contribution in [-0.4, -0.2) is 37.9 Å². The van der Waals surface area contributed by atoms with E-state index in [9.17, 15) is 18.0 Å². The summed E-state index contributed by atoms with van der Waals surface area (Å²) < 4.78 is 38.7. The summed E-state index contributed by atoms with van der Waals surface area (Å²) in [6, 6.07) is 0. The van der Waals surface area contributed by atoms with E-state index in [4.69, 9.17) is 0 Å². The maximum absolute atomic E-state index is 12.6. The van der Waals surface area contributed by atoms with Crippen LogP contribution in [0, 0.1) is 0 Å². The molecule has 1 aromatic rings. The SMILES string of the molecule is O=C(CCS)N1CCn2c(nnc2C(F)(F)F)C1. The van der Waals surface area contributed by atoms with Crippen LogP contribution in [0.25, 0.3) is 0 Å². The van der Waals surface area contributed by atoms with Crippen molar-refractivity contribution in [2.75, 3.05) is 12.3 Å². The fourth-order valence-corrected chi connectivity index (χ4v) is 2.03. The van der Waals surface area contributed by atoms with Crippen LogP contribution in [0.2, 0.25) is 0 Å². The fraction of sp³-hybridized carbons (Fsp3) is 0.667. The second-order valence-electron chi connectivity index (χ2n) is 3.88. The molecule has 0 aromatic carbocycles. The van der Waals surface area contributed by atoms with Crippen LogP contribution in [-0.2, 0) is 24.1 Å². The van der Waals surface area contributed by atoms with Gasteiger partial charge in [0.15, 0.2) is 5.82 Å². The molecule has 2 rings (SSSR count). The van der Waals surface area contributed by atoms with Gasteiger partial charge in [-0.1, -0.05) is 0 Å². The van der Waals surface area contributed by atoms with E-state index in [-0.39, 0.29) is 37.8 Å². The van der Waals surface area contributed by atoms with Crippen molar-refractivity contribution < 1.29 is 18.0 Å². The van der Waals surface area contributed by atoms with Gasteiger partial charge < -0.3 is 9.47 Å². The molecule has 2 heterocycles. The molecule has 1 amide bonds. The van der Waals surface area contributed by atoms with E-state index < -0.39 is 12.0 Å². The zero-order valence-corrected chi connectivity index (χ0v) is 10.2. The molecule has 0 saturated carbocycles. The third-order valence-electron chi connectivity index (χ3n) is 2.69. The summed E-state index contributed by atoms with van der Waals surface area (Å²) in [6.07, 6.45) is -4.24. The van der Waals surface area contributed by atoms with Gasteiger partial charge in [0.2, 0.25) is 11.7 Å². The topological polar surface area (TPSA) is 51.0 Å². The Labute approximate surface area is 106 Å². The number of fused-ring (bicyclic) bond motifs is 1. The Morgan fingerprint density at radius 3 is 2.67 bits per heavy atom. The molecular formula is C9H11F3N4OS. The zero-order valence-electron chi connectivity index (χ0n) is 9.31. The number of hydrogen-bond donors (Lipinski definition) is 1. The van der Waals surface area contributed by atoms with Crippen LogP contribution < -0.4 is 0 Å². The Kier molecular flexibility index (Phi) is 3.51. The number of amides is 1. The Balaban J connectivity index is 2.17. The van der Waals surface area contributed by atoms with Gasteiger partial charge in [0.05, 0.1) is 6.54 Å². The van der Waals surface area contributed by atoms with Crippen molar-refractivity contribution in [1.29, 1.82) is 0 Å². The maximum atomic E-state index is 12.6. The minimum absolute atomic E-state index is 0.0650. The molecule has 0 fully saturated rings. The first-order valence-corrected chi connectivity index (χ1v) is 5.94. The number of aromatic nitrogens is 3. The van der Waals surface area contributed by atoms with E-state index in [1.54, 1.807) is 0 Å². The number of halogens is 3. The highest BCUT2D eigenvalue weighted by Crippen LogP contribution is 2.29. The molecular weight excluding hydrogens is 269 g/mol. The van der Waals surface area contributed by atoms with E-state index in [2.05, 4.69) is 22.8 Å². The maximum Gasteiger partial charge on any atom is 0.451 e. The minimum atomic E-state index is -4.51. The largest absolute Gasteiger partial charge is 0.451 e. The van der Waals surface area contributed by atoms with E-state index in [0.29, 0.717) is 5.75 Å². The van der Waals surface area contributed by atoms with E-state index in [0.717, 1.165) is 4.57 Å². The third kappa shape index (κ3) is 2.45. The van der Waals surface area contributed by atoms with Gasteiger partial charge in [0.1, 0.15) is 0 Å². The van der Waals surface area contributed by atoms with Crippen molar-refractivity contribution in [3.63, 3.8) is 0 Å². The monoisotopic (exact) mass is 280 g/mol. The Hall–Kier alpha value is -1.25. The van der Waals surface area contributed by atoms with Crippen LogP contribution in [0.15, 0.2) is 0 Å². The molecule has 18 heavy (non-hydrogen) atoms. The smallest absolute Gasteiger partial charge is 0.333 e. The number of thiol groups is 1. The number of nitrogens with zero attached hydrogens (tertiary/aromatic N) is 4. The number of rotatable bonds is 2. The van der Waals surface area contributed by atoms with Crippen molar-refractivity contribution in [2.24, 2.45) is 0 Å². The standard InChI is InChI=1S/C9H11F3N4OS/c10-9(11,12)8-14-13-6-5-15(2-3-16(6)8)7(17)1-4-18/h18H,1-5H2. The summed E-state index contributed by atoms with van der Waals surface area (Å²) in [7, 11) is 0. The number of hydrogen-bond acceptors (Lipinski definition) is 4. The molecule has 0 N–H and O–H groups in total. The molecule has 0 aliphatic carbocycles. The minimum Gasteiger partial charge on any atom is -0.333 e. The lowest BCUT2D eigenvalue weighted by molar-refractivity contribution is -0.148. The molecule has 1 aliphatic heterocycles. The summed E-state index contributed by atoms with van der Waals surface area (Å²) in [6.45, 7) is 0.367. The Morgan fingerprint density at radius 1 is 1.33 bits per heavy atom. The second-order valence-corrected chi connectivity index (χ2v) is 4.33. The van der Waals surface area contributed by atoms with Crippen LogP contribution >= 0.6 is 12.6 Å². The normalized spacial score (nSPS) is 15.7. The lowest BCUT2D eigenvalue weighted by atomic mass is 10.3. The van der Waals surface area contributed by atoms with Crippen molar-refractivity contribution in [3.05, 3.63) is 11.6 Å². The van der Waals surface area contributed by atoms with Crippen LogP contribution in [0.5, 0.6) is 0 Å². The van der Waals surface area contributed by atoms with Crippen molar-refractivity contribution in [2.45, 2.75) is 25.7 Å². The lowest BCUT2D eigenvalue weighted by Crippen LogP contribution is -2.39. The highest BCUT2D eigenvalue weighted by molar-refractivity contribution is 7.80. The lowest BCUT2D eigenvalue weighted by Gasteiger charge is -2.27. The first-order chi connectivity index (χ1) is 8.43. The Morgan fingerprint density at radius 2 is 2.06 bits per heavy atom.